The van der Waals surface area contributed by atoms with Crippen LogP contribution in [0.3, 0.4) is 0 Å². The number of likely N-dealkylation sites (tertiary alicyclic amines) is 1. The third-order valence-corrected chi connectivity index (χ3v) is 5.43. The van der Waals surface area contributed by atoms with Crippen molar-refractivity contribution in [3.05, 3.63) is 71.3 Å². The number of ether oxygens (including phenoxy) is 1. The molecule has 31 heavy (non-hydrogen) atoms. The van der Waals surface area contributed by atoms with Crippen molar-refractivity contribution in [3.63, 3.8) is 0 Å². The molecule has 2 aromatic carbocycles. The van der Waals surface area contributed by atoms with Crippen molar-refractivity contribution < 1.29 is 9.53 Å². The van der Waals surface area contributed by atoms with E-state index in [1.807, 2.05) is 29.2 Å². The van der Waals surface area contributed by atoms with Crippen molar-refractivity contribution in [2.45, 2.75) is 32.9 Å². The number of amides is 1. The van der Waals surface area contributed by atoms with E-state index in [2.05, 4.69) is 47.9 Å². The molecule has 6 nitrogen and oxygen atoms in total. The lowest BCUT2D eigenvalue weighted by Gasteiger charge is -2.18. The van der Waals surface area contributed by atoms with Crippen molar-refractivity contribution in [2.75, 3.05) is 33.3 Å². The fourth-order valence-electron chi connectivity index (χ4n) is 3.85. The van der Waals surface area contributed by atoms with Crippen LogP contribution in [0.4, 0.5) is 0 Å². The lowest BCUT2D eigenvalue weighted by Crippen LogP contribution is -2.40. The highest BCUT2D eigenvalue weighted by atomic mass is 16.5. The summed E-state index contributed by atoms with van der Waals surface area (Å²) in [5.74, 6) is 1.34. The Balaban J connectivity index is 1.48. The van der Waals surface area contributed by atoms with E-state index in [4.69, 9.17) is 9.73 Å². The number of methoxy groups -OCH3 is 1. The lowest BCUT2D eigenvalue weighted by atomic mass is 10.1. The van der Waals surface area contributed by atoms with E-state index in [-0.39, 0.29) is 5.91 Å². The Morgan fingerprint density at radius 2 is 1.87 bits per heavy atom. The maximum Gasteiger partial charge on any atom is 0.223 e. The van der Waals surface area contributed by atoms with Crippen molar-refractivity contribution in [1.82, 2.24) is 15.5 Å². The zero-order valence-corrected chi connectivity index (χ0v) is 18.6. The number of nitrogens with zero attached hydrogens (tertiary/aromatic N) is 2. The first kappa shape index (κ1) is 22.8. The molecule has 2 N–H and O–H groups in total. The zero-order valence-electron chi connectivity index (χ0n) is 18.6. The van der Waals surface area contributed by atoms with Crippen molar-refractivity contribution >= 4 is 11.9 Å². The molecule has 1 aliphatic heterocycles. The molecule has 0 radical (unpaired) electrons. The summed E-state index contributed by atoms with van der Waals surface area (Å²) in [5.41, 5.74) is 3.57. The van der Waals surface area contributed by atoms with Crippen molar-refractivity contribution in [3.8, 4) is 0 Å². The van der Waals surface area contributed by atoms with Gasteiger partial charge in [-0.1, -0.05) is 54.6 Å². The summed E-state index contributed by atoms with van der Waals surface area (Å²) >= 11 is 0. The SMILES string of the molecule is CCNC(=NCc1cccc(COC)c1)NCC1CC(=O)N(CCc2ccccc2)C1. The average molecular weight is 423 g/mol. The summed E-state index contributed by atoms with van der Waals surface area (Å²) in [6.45, 7) is 6.38. The number of benzene rings is 2. The summed E-state index contributed by atoms with van der Waals surface area (Å²) < 4.78 is 5.21. The molecule has 1 saturated heterocycles. The normalized spacial score (nSPS) is 16.6. The quantitative estimate of drug-likeness (QED) is 0.456. The first-order valence-corrected chi connectivity index (χ1v) is 11.1. The fourth-order valence-corrected chi connectivity index (χ4v) is 3.85. The molecule has 2 aromatic rings. The Kier molecular flexibility index (Phi) is 8.91. The maximum atomic E-state index is 12.4. The van der Waals surface area contributed by atoms with Crippen LogP contribution >= 0.6 is 0 Å². The van der Waals surface area contributed by atoms with E-state index in [1.165, 1.54) is 5.56 Å². The van der Waals surface area contributed by atoms with E-state index in [1.54, 1.807) is 7.11 Å². The summed E-state index contributed by atoms with van der Waals surface area (Å²) in [5, 5.41) is 6.72. The largest absolute Gasteiger partial charge is 0.380 e. The van der Waals surface area contributed by atoms with Gasteiger partial charge >= 0.3 is 0 Å². The Labute approximate surface area is 185 Å². The van der Waals surface area contributed by atoms with Crippen molar-refractivity contribution in [1.29, 1.82) is 0 Å². The summed E-state index contributed by atoms with van der Waals surface area (Å²) in [7, 11) is 1.70. The van der Waals surface area contributed by atoms with Crippen LogP contribution in [0.1, 0.15) is 30.0 Å². The first-order valence-electron chi connectivity index (χ1n) is 11.1. The van der Waals surface area contributed by atoms with Gasteiger partial charge in [0, 0.05) is 45.6 Å². The average Bonchev–Trinajstić information content (AvgIpc) is 3.15. The van der Waals surface area contributed by atoms with E-state index in [0.717, 1.165) is 49.7 Å². The molecule has 0 aromatic heterocycles. The second kappa shape index (κ2) is 12.1. The second-order valence-corrected chi connectivity index (χ2v) is 7.97. The van der Waals surface area contributed by atoms with E-state index < -0.39 is 0 Å². The molecular weight excluding hydrogens is 388 g/mol. The summed E-state index contributed by atoms with van der Waals surface area (Å²) in [6.07, 6.45) is 1.50. The van der Waals surface area contributed by atoms with Gasteiger partial charge in [-0.3, -0.25) is 4.79 Å². The first-order chi connectivity index (χ1) is 15.2. The van der Waals surface area contributed by atoms with E-state index in [9.17, 15) is 4.79 Å². The van der Waals surface area contributed by atoms with Crippen molar-refractivity contribution in [2.24, 2.45) is 10.9 Å². The van der Waals surface area contributed by atoms with Gasteiger partial charge in [-0.2, -0.15) is 0 Å². The summed E-state index contributed by atoms with van der Waals surface area (Å²) in [6, 6.07) is 18.6. The Morgan fingerprint density at radius 3 is 2.65 bits per heavy atom. The number of carbonyl (C=O) groups excluding carboxylic acids is 1. The standard InChI is InChI=1S/C25H34N4O2/c1-3-26-25(27-16-21-10-7-11-22(14-21)19-31-2)28-17-23-15-24(30)29(18-23)13-12-20-8-5-4-6-9-20/h4-11,14,23H,3,12-13,15-19H2,1-2H3,(H2,26,27,28). The number of hydrogen-bond donors (Lipinski definition) is 2. The molecule has 0 spiro atoms. The van der Waals surface area contributed by atoms with Gasteiger partial charge in [-0.25, -0.2) is 4.99 Å². The fraction of sp³-hybridized carbons (Fsp3) is 0.440. The molecule has 1 fully saturated rings. The highest BCUT2D eigenvalue weighted by Crippen LogP contribution is 2.17. The number of nitrogens with one attached hydrogen (secondary N) is 2. The number of rotatable bonds is 10. The Hall–Kier alpha value is -2.86. The third kappa shape index (κ3) is 7.40. The van der Waals surface area contributed by atoms with Gasteiger partial charge in [-0.05, 0) is 30.0 Å². The van der Waals surface area contributed by atoms with Gasteiger partial charge in [0.25, 0.3) is 0 Å². The van der Waals surface area contributed by atoms with Crippen LogP contribution in [0.15, 0.2) is 59.6 Å². The van der Waals surface area contributed by atoms with Crippen LogP contribution in [-0.2, 0) is 29.1 Å². The van der Waals surface area contributed by atoms with Gasteiger partial charge in [-0.15, -0.1) is 0 Å². The molecule has 6 heteroatoms. The van der Waals surface area contributed by atoms with Crippen LogP contribution in [0.2, 0.25) is 0 Å². The minimum Gasteiger partial charge on any atom is -0.380 e. The Morgan fingerprint density at radius 1 is 1.10 bits per heavy atom. The topological polar surface area (TPSA) is 66.0 Å². The molecule has 1 atom stereocenters. The molecule has 1 unspecified atom stereocenters. The smallest absolute Gasteiger partial charge is 0.223 e. The van der Waals surface area contributed by atoms with E-state index in [0.29, 0.717) is 25.5 Å². The molecule has 1 heterocycles. The predicted molar refractivity (Wildman–Crippen MR) is 125 cm³/mol. The molecule has 166 valence electrons. The maximum absolute atomic E-state index is 12.4. The summed E-state index contributed by atoms with van der Waals surface area (Å²) in [4.78, 5) is 19.1. The highest BCUT2D eigenvalue weighted by Gasteiger charge is 2.29. The molecule has 1 amide bonds. The lowest BCUT2D eigenvalue weighted by molar-refractivity contribution is -0.127. The molecule has 3 rings (SSSR count). The van der Waals surface area contributed by atoms with Crippen LogP contribution in [-0.4, -0.2) is 50.1 Å². The molecule has 0 aliphatic carbocycles. The number of carbonyl (C=O) groups is 1. The molecule has 0 bridgehead atoms. The van der Waals surface area contributed by atoms with Crippen LogP contribution in [0, 0.1) is 5.92 Å². The minimum atomic E-state index is 0.250. The minimum absolute atomic E-state index is 0.250. The number of guanidine groups is 1. The van der Waals surface area contributed by atoms with Gasteiger partial charge in [0.1, 0.15) is 0 Å². The molecule has 1 aliphatic rings. The van der Waals surface area contributed by atoms with Gasteiger partial charge in [0.2, 0.25) is 5.91 Å². The van der Waals surface area contributed by atoms with Crippen LogP contribution in [0.25, 0.3) is 0 Å². The number of aliphatic imine (C=N–C) groups is 1. The Bertz CT molecular complexity index is 854. The third-order valence-electron chi connectivity index (χ3n) is 5.43. The van der Waals surface area contributed by atoms with Gasteiger partial charge in [0.15, 0.2) is 5.96 Å². The van der Waals surface area contributed by atoms with Crippen LogP contribution in [0.5, 0.6) is 0 Å². The van der Waals surface area contributed by atoms with Gasteiger partial charge in [0.05, 0.1) is 13.2 Å². The molecular formula is C25H34N4O2. The predicted octanol–water partition coefficient (Wildman–Crippen LogP) is 2.98. The number of hydrogen-bond acceptors (Lipinski definition) is 3. The van der Waals surface area contributed by atoms with Gasteiger partial charge < -0.3 is 20.3 Å². The highest BCUT2D eigenvalue weighted by molar-refractivity contribution is 5.81. The molecule has 0 saturated carbocycles. The van der Waals surface area contributed by atoms with E-state index >= 15 is 0 Å². The second-order valence-electron chi connectivity index (χ2n) is 7.97. The monoisotopic (exact) mass is 422 g/mol. The van der Waals surface area contributed by atoms with Crippen LogP contribution < -0.4 is 10.6 Å². The zero-order chi connectivity index (χ0) is 21.9.